The zero-order valence-electron chi connectivity index (χ0n) is 18.6. The number of rotatable bonds is 4. The lowest BCUT2D eigenvalue weighted by atomic mass is 9.67. The third-order valence-electron chi connectivity index (χ3n) is 7.29. The van der Waals surface area contributed by atoms with Crippen LogP contribution in [0.2, 0.25) is 0 Å². The predicted molar refractivity (Wildman–Crippen MR) is 125 cm³/mol. The first-order valence-corrected chi connectivity index (χ1v) is 11.6. The molecule has 1 fully saturated rings. The van der Waals surface area contributed by atoms with Crippen LogP contribution < -0.4 is 4.90 Å². The summed E-state index contributed by atoms with van der Waals surface area (Å²) in [5, 5.41) is 9.90. The van der Waals surface area contributed by atoms with E-state index in [-0.39, 0.29) is 17.2 Å². The van der Waals surface area contributed by atoms with Crippen LogP contribution in [0.5, 0.6) is 5.75 Å². The van der Waals surface area contributed by atoms with Gasteiger partial charge in [0.1, 0.15) is 17.9 Å². The van der Waals surface area contributed by atoms with Crippen LogP contribution in [-0.2, 0) is 10.7 Å². The molecule has 2 atom stereocenters. The summed E-state index contributed by atoms with van der Waals surface area (Å²) in [7, 11) is 0. The molecule has 0 amide bonds. The Morgan fingerprint density at radius 3 is 2.32 bits per heavy atom. The Morgan fingerprint density at radius 2 is 1.65 bits per heavy atom. The minimum absolute atomic E-state index is 0.0452. The van der Waals surface area contributed by atoms with Crippen LogP contribution in [0.3, 0.4) is 0 Å². The summed E-state index contributed by atoms with van der Waals surface area (Å²) in [4.78, 5) is 13.1. The third kappa shape index (κ3) is 4.06. The molecule has 6 heteroatoms. The van der Waals surface area contributed by atoms with Crippen molar-refractivity contribution in [2.75, 3.05) is 18.0 Å². The van der Waals surface area contributed by atoms with E-state index in [2.05, 4.69) is 4.90 Å². The molecule has 5 rings (SSSR count). The average Bonchev–Trinajstić information content (AvgIpc) is 2.85. The van der Waals surface area contributed by atoms with Crippen LogP contribution in [-0.4, -0.2) is 24.5 Å². The summed E-state index contributed by atoms with van der Waals surface area (Å²) < 4.78 is 46.1. The first-order valence-electron chi connectivity index (χ1n) is 11.6. The van der Waals surface area contributed by atoms with Crippen molar-refractivity contribution in [2.24, 2.45) is 5.92 Å². The highest BCUT2D eigenvalue weighted by Gasteiger charge is 2.47. The van der Waals surface area contributed by atoms with Gasteiger partial charge in [0.15, 0.2) is 0 Å². The molecule has 3 aromatic rings. The summed E-state index contributed by atoms with van der Waals surface area (Å²) in [6.45, 7) is 1.35. The Morgan fingerprint density at radius 1 is 0.941 bits per heavy atom. The van der Waals surface area contributed by atoms with Crippen LogP contribution in [0.15, 0.2) is 66.7 Å². The largest absolute Gasteiger partial charge is 0.508 e. The van der Waals surface area contributed by atoms with Gasteiger partial charge in [-0.3, -0.25) is 0 Å². The fourth-order valence-electron chi connectivity index (χ4n) is 5.51. The third-order valence-corrected chi connectivity index (χ3v) is 7.29. The van der Waals surface area contributed by atoms with Gasteiger partial charge in [0.25, 0.3) is 5.92 Å². The summed E-state index contributed by atoms with van der Waals surface area (Å²) >= 11 is 0. The van der Waals surface area contributed by atoms with E-state index in [1.807, 2.05) is 24.3 Å². The highest BCUT2D eigenvalue weighted by Crippen LogP contribution is 2.55. The maximum atomic E-state index is 15.7. The molecule has 0 saturated carbocycles. The zero-order chi connectivity index (χ0) is 23.9. The van der Waals surface area contributed by atoms with Crippen molar-refractivity contribution < 1.29 is 23.1 Å². The van der Waals surface area contributed by atoms with Crippen LogP contribution in [0.25, 0.3) is 0 Å². The number of alkyl halides is 2. The first-order chi connectivity index (χ1) is 16.4. The maximum Gasteiger partial charge on any atom is 0.274 e. The minimum Gasteiger partial charge on any atom is -0.508 e. The number of aromatic hydroxyl groups is 1. The van der Waals surface area contributed by atoms with Gasteiger partial charge in [0.2, 0.25) is 0 Å². The predicted octanol–water partition coefficient (Wildman–Crippen LogP) is 6.36. The van der Waals surface area contributed by atoms with Gasteiger partial charge in [-0.2, -0.15) is 0 Å². The Kier molecular flexibility index (Phi) is 5.84. The van der Waals surface area contributed by atoms with E-state index in [1.54, 1.807) is 18.2 Å². The molecule has 0 unspecified atom stereocenters. The van der Waals surface area contributed by atoms with Crippen LogP contribution >= 0.6 is 0 Å². The van der Waals surface area contributed by atoms with E-state index in [1.165, 1.54) is 18.2 Å². The number of phenolic OH excluding ortho intramolecular Hbond substituents is 1. The van der Waals surface area contributed by atoms with Crippen molar-refractivity contribution in [1.29, 1.82) is 0 Å². The topological polar surface area (TPSA) is 40.5 Å². The van der Waals surface area contributed by atoms with E-state index in [0.717, 1.165) is 36.4 Å². The van der Waals surface area contributed by atoms with Crippen LogP contribution in [0.1, 0.15) is 53.4 Å². The van der Waals surface area contributed by atoms with E-state index in [0.29, 0.717) is 24.2 Å². The van der Waals surface area contributed by atoms with Gasteiger partial charge in [-0.05, 0) is 53.8 Å². The zero-order valence-corrected chi connectivity index (χ0v) is 18.6. The second kappa shape index (κ2) is 8.82. The van der Waals surface area contributed by atoms with Crippen molar-refractivity contribution in [3.05, 3.63) is 94.8 Å². The number of aldehydes is 1. The molecule has 1 saturated heterocycles. The Balaban J connectivity index is 1.58. The number of phenols is 1. The minimum atomic E-state index is -3.15. The number of anilines is 1. The van der Waals surface area contributed by atoms with Crippen molar-refractivity contribution in [3.8, 4) is 5.75 Å². The molecular formula is C28H26F3NO2. The highest BCUT2D eigenvalue weighted by molar-refractivity contribution is 5.57. The van der Waals surface area contributed by atoms with E-state index in [4.69, 9.17) is 0 Å². The number of hydrogen-bond donors (Lipinski definition) is 1. The molecule has 0 radical (unpaired) electrons. The lowest BCUT2D eigenvalue weighted by molar-refractivity contribution is -0.111. The van der Waals surface area contributed by atoms with Gasteiger partial charge in [-0.1, -0.05) is 42.5 Å². The number of piperidine rings is 1. The molecule has 2 aliphatic rings. The standard InChI is InChI=1S/C28H26F3NO2/c29-26-14-20(32-12-10-18(17-33)11-13-32)6-8-23(26)27-22-9-7-21(34)15-25(22)28(30,31)16-24(27)19-4-2-1-3-5-19/h1-9,14-15,17-18,24,27,34H,10-13,16H2/t24-,27+/m0/s1. The monoisotopic (exact) mass is 465 g/mol. The lowest BCUT2D eigenvalue weighted by Gasteiger charge is -2.39. The van der Waals surface area contributed by atoms with E-state index >= 15 is 13.2 Å². The second-order valence-corrected chi connectivity index (χ2v) is 9.34. The first kappa shape index (κ1) is 22.5. The van der Waals surface area contributed by atoms with Crippen molar-refractivity contribution in [1.82, 2.24) is 0 Å². The maximum absolute atomic E-state index is 15.7. The summed E-state index contributed by atoms with van der Waals surface area (Å²) in [6.07, 6.45) is 1.98. The summed E-state index contributed by atoms with van der Waals surface area (Å²) in [5.74, 6) is -5.02. The number of nitrogens with zero attached hydrogens (tertiary/aromatic N) is 1. The van der Waals surface area contributed by atoms with E-state index < -0.39 is 30.0 Å². The van der Waals surface area contributed by atoms with Crippen molar-refractivity contribution >= 4 is 12.0 Å². The molecule has 1 N–H and O–H groups in total. The van der Waals surface area contributed by atoms with Crippen LogP contribution in [0.4, 0.5) is 18.9 Å². The fraction of sp³-hybridized carbons (Fsp3) is 0.321. The second-order valence-electron chi connectivity index (χ2n) is 9.34. The summed E-state index contributed by atoms with van der Waals surface area (Å²) in [5.41, 5.74) is 1.91. The molecule has 176 valence electrons. The molecule has 0 aromatic heterocycles. The van der Waals surface area contributed by atoms with Gasteiger partial charge in [0.05, 0.1) is 0 Å². The average molecular weight is 466 g/mol. The van der Waals surface area contributed by atoms with Crippen LogP contribution in [0, 0.1) is 11.7 Å². The van der Waals surface area contributed by atoms with Gasteiger partial charge < -0.3 is 14.8 Å². The SMILES string of the molecule is O=CC1CCN(c2ccc([C@H]3c4ccc(O)cc4C(F)(F)C[C@H]3c3ccccc3)c(F)c2)CC1. The van der Waals surface area contributed by atoms with Gasteiger partial charge >= 0.3 is 0 Å². The number of carbonyl (C=O) groups is 1. The Bertz CT molecular complexity index is 1190. The van der Waals surface area contributed by atoms with Gasteiger partial charge in [0, 0.05) is 48.5 Å². The number of hydrogen-bond acceptors (Lipinski definition) is 3. The van der Waals surface area contributed by atoms with Gasteiger partial charge in [-0.15, -0.1) is 0 Å². The molecule has 1 aliphatic heterocycles. The highest BCUT2D eigenvalue weighted by atomic mass is 19.3. The molecule has 3 nitrogen and oxygen atoms in total. The number of carbonyl (C=O) groups excluding carboxylic acids is 1. The van der Waals surface area contributed by atoms with E-state index in [9.17, 15) is 9.90 Å². The number of fused-ring (bicyclic) bond motifs is 1. The molecule has 0 spiro atoms. The number of halogens is 3. The molecule has 3 aromatic carbocycles. The molecule has 0 bridgehead atoms. The quantitative estimate of drug-likeness (QED) is 0.456. The molecule has 1 heterocycles. The number of benzene rings is 3. The normalized spacial score (nSPS) is 22.3. The van der Waals surface area contributed by atoms with Crippen molar-refractivity contribution in [3.63, 3.8) is 0 Å². The molecule has 1 aliphatic carbocycles. The molecular weight excluding hydrogens is 439 g/mol. The summed E-state index contributed by atoms with van der Waals surface area (Å²) in [6, 6.07) is 18.1. The fourth-order valence-corrected chi connectivity index (χ4v) is 5.51. The Labute approximate surface area is 196 Å². The smallest absolute Gasteiger partial charge is 0.274 e. The van der Waals surface area contributed by atoms with Gasteiger partial charge in [-0.25, -0.2) is 13.2 Å². The van der Waals surface area contributed by atoms with Crippen molar-refractivity contribution in [2.45, 2.75) is 37.0 Å². The molecule has 34 heavy (non-hydrogen) atoms. The Hall–Kier alpha value is -3.28. The lowest BCUT2D eigenvalue weighted by Crippen LogP contribution is -2.34.